The smallest absolute Gasteiger partial charge is 0.0611 e. The maximum atomic E-state index is 9.41. The average Bonchev–Trinajstić information content (AvgIpc) is 2.10. The van der Waals surface area contributed by atoms with Gasteiger partial charge in [0.25, 0.3) is 0 Å². The molecule has 0 spiro atoms. The van der Waals surface area contributed by atoms with Crippen LogP contribution in [0.3, 0.4) is 0 Å². The van der Waals surface area contributed by atoms with Crippen molar-refractivity contribution in [3.63, 3.8) is 0 Å². The van der Waals surface area contributed by atoms with Crippen LogP contribution in [-0.4, -0.2) is 23.0 Å². The molecular formula is C9H15N3O. The van der Waals surface area contributed by atoms with E-state index in [-0.39, 0.29) is 0 Å². The first kappa shape index (κ1) is 9.80. The minimum absolute atomic E-state index is 0.548. The molecule has 0 saturated carbocycles. The van der Waals surface area contributed by atoms with Crippen LogP contribution in [0.15, 0.2) is 17.1 Å². The fraction of sp³-hybridized carbons (Fsp3) is 0.444. The Kier molecular flexibility index (Phi) is 3.08. The Balaban J connectivity index is 3.13. The minimum Gasteiger partial charge on any atom is -0.428 e. The van der Waals surface area contributed by atoms with Gasteiger partial charge in [0.05, 0.1) is 23.3 Å². The fourth-order valence-corrected chi connectivity index (χ4v) is 1.16. The summed E-state index contributed by atoms with van der Waals surface area (Å²) in [5, 5.41) is 10.3. The molecule has 0 aliphatic rings. The molecule has 1 heterocycles. The van der Waals surface area contributed by atoms with Crippen LogP contribution in [0.1, 0.15) is 11.4 Å². The summed E-state index contributed by atoms with van der Waals surface area (Å²) in [5.74, 6) is 0. The van der Waals surface area contributed by atoms with E-state index in [9.17, 15) is 5.21 Å². The number of hydrogen-bond donors (Lipinski definition) is 2. The predicted octanol–water partition coefficient (Wildman–Crippen LogP) is 0.202. The van der Waals surface area contributed by atoms with Gasteiger partial charge in [-0.25, -0.2) is 0 Å². The van der Waals surface area contributed by atoms with Gasteiger partial charge in [-0.15, -0.1) is 0 Å². The van der Waals surface area contributed by atoms with E-state index in [0.29, 0.717) is 13.1 Å². The average molecular weight is 181 g/mol. The van der Waals surface area contributed by atoms with E-state index in [0.717, 1.165) is 21.5 Å². The Morgan fingerprint density at radius 3 is 2.38 bits per heavy atom. The van der Waals surface area contributed by atoms with Gasteiger partial charge in [-0.1, -0.05) is 0 Å². The van der Waals surface area contributed by atoms with Crippen molar-refractivity contribution < 1.29 is 5.21 Å². The Hall–Kier alpha value is -1.29. The van der Waals surface area contributed by atoms with Crippen molar-refractivity contribution in [3.05, 3.63) is 28.9 Å². The number of nitrogens with zero attached hydrogens (tertiary/aromatic N) is 2. The highest BCUT2D eigenvalue weighted by atomic mass is 16.5. The molecule has 1 rings (SSSR count). The molecule has 72 valence electrons. The number of aromatic nitrogens is 1. The largest absolute Gasteiger partial charge is 0.428 e. The van der Waals surface area contributed by atoms with Gasteiger partial charge in [-0.2, -0.15) is 4.73 Å². The number of nitrogens with two attached hydrogens (primary N) is 1. The van der Waals surface area contributed by atoms with Gasteiger partial charge in [0.1, 0.15) is 0 Å². The van der Waals surface area contributed by atoms with Gasteiger partial charge in [-0.3, -0.25) is 4.99 Å². The van der Waals surface area contributed by atoms with Crippen molar-refractivity contribution in [2.24, 2.45) is 10.7 Å². The van der Waals surface area contributed by atoms with Crippen LogP contribution in [0, 0.1) is 13.8 Å². The molecule has 1 aromatic rings. The highest BCUT2D eigenvalue weighted by Crippen LogP contribution is 1.96. The third kappa shape index (κ3) is 2.32. The van der Waals surface area contributed by atoms with Crippen molar-refractivity contribution in [1.82, 2.24) is 4.73 Å². The molecule has 0 bridgehead atoms. The quantitative estimate of drug-likeness (QED) is 0.640. The molecule has 4 heteroatoms. The topological polar surface area (TPSA) is 63.5 Å². The first-order valence-corrected chi connectivity index (χ1v) is 4.25. The van der Waals surface area contributed by atoms with Gasteiger partial charge in [-0.05, 0) is 26.0 Å². The zero-order valence-corrected chi connectivity index (χ0v) is 7.99. The van der Waals surface area contributed by atoms with Crippen LogP contribution in [-0.2, 0) is 0 Å². The normalized spacial score (nSPS) is 10.1. The molecule has 0 radical (unpaired) electrons. The lowest BCUT2D eigenvalue weighted by Crippen LogP contribution is -2.14. The van der Waals surface area contributed by atoms with Crippen LogP contribution in [0.4, 0.5) is 0 Å². The van der Waals surface area contributed by atoms with Crippen molar-refractivity contribution in [3.8, 4) is 0 Å². The molecule has 3 N–H and O–H groups in total. The summed E-state index contributed by atoms with van der Waals surface area (Å²) in [7, 11) is 0. The zero-order valence-electron chi connectivity index (χ0n) is 7.99. The van der Waals surface area contributed by atoms with E-state index in [2.05, 4.69) is 4.99 Å². The van der Waals surface area contributed by atoms with Crippen molar-refractivity contribution in [2.75, 3.05) is 13.1 Å². The maximum absolute atomic E-state index is 9.41. The van der Waals surface area contributed by atoms with Gasteiger partial charge in [0.15, 0.2) is 0 Å². The molecule has 0 aromatic carbocycles. The summed E-state index contributed by atoms with van der Waals surface area (Å²) in [6, 6.07) is 3.64. The first-order valence-electron chi connectivity index (χ1n) is 4.25. The third-order valence-corrected chi connectivity index (χ3v) is 1.81. The molecule has 0 saturated heterocycles. The van der Waals surface area contributed by atoms with E-state index in [1.54, 1.807) is 0 Å². The summed E-state index contributed by atoms with van der Waals surface area (Å²) < 4.78 is 1.14. The molecule has 13 heavy (non-hydrogen) atoms. The van der Waals surface area contributed by atoms with Crippen LogP contribution in [0.2, 0.25) is 0 Å². The summed E-state index contributed by atoms with van der Waals surface area (Å²) in [6.45, 7) is 4.82. The Bertz CT molecular complexity index is 328. The lowest BCUT2D eigenvalue weighted by molar-refractivity contribution is 0.170. The summed E-state index contributed by atoms with van der Waals surface area (Å²) >= 11 is 0. The molecule has 0 aliphatic heterocycles. The summed E-state index contributed by atoms with van der Waals surface area (Å²) in [6.07, 6.45) is 0. The number of rotatable bonds is 2. The second-order valence-electron chi connectivity index (χ2n) is 2.98. The second kappa shape index (κ2) is 4.09. The van der Waals surface area contributed by atoms with Crippen LogP contribution in [0.5, 0.6) is 0 Å². The van der Waals surface area contributed by atoms with E-state index >= 15 is 0 Å². The SMILES string of the molecule is Cc1cc(=NCCN)cc(C)n1O. The molecule has 0 atom stereocenters. The number of hydrogen-bond acceptors (Lipinski definition) is 3. The second-order valence-corrected chi connectivity index (χ2v) is 2.98. The zero-order chi connectivity index (χ0) is 9.84. The van der Waals surface area contributed by atoms with Gasteiger partial charge >= 0.3 is 0 Å². The van der Waals surface area contributed by atoms with E-state index in [1.807, 2.05) is 26.0 Å². The molecular weight excluding hydrogens is 166 g/mol. The van der Waals surface area contributed by atoms with E-state index in [4.69, 9.17) is 5.73 Å². The molecule has 4 nitrogen and oxygen atoms in total. The molecule has 1 aromatic heterocycles. The predicted molar refractivity (Wildman–Crippen MR) is 50.6 cm³/mol. The Labute approximate surface area is 77.3 Å². The number of aryl methyl sites for hydroxylation is 2. The summed E-state index contributed by atoms with van der Waals surface area (Å²) in [4.78, 5) is 4.24. The van der Waals surface area contributed by atoms with Gasteiger partial charge in [0.2, 0.25) is 0 Å². The lowest BCUT2D eigenvalue weighted by Gasteiger charge is -2.05. The minimum atomic E-state index is 0.548. The van der Waals surface area contributed by atoms with Gasteiger partial charge < -0.3 is 10.9 Å². The first-order chi connectivity index (χ1) is 6.15. The fourth-order valence-electron chi connectivity index (χ4n) is 1.16. The molecule has 0 unspecified atom stereocenters. The standard InChI is InChI=1S/C9H15N3O/c1-7-5-9(11-4-3-10)6-8(2)12(7)13/h5-6,13H,3-4,10H2,1-2H3. The molecule has 0 fully saturated rings. The molecule has 0 aliphatic carbocycles. The highest BCUT2D eigenvalue weighted by molar-refractivity contribution is 5.09. The molecule has 0 amide bonds. The Morgan fingerprint density at radius 1 is 1.38 bits per heavy atom. The van der Waals surface area contributed by atoms with Crippen LogP contribution in [0.25, 0.3) is 0 Å². The lowest BCUT2D eigenvalue weighted by atomic mass is 10.3. The number of pyridine rings is 1. The van der Waals surface area contributed by atoms with E-state index < -0.39 is 0 Å². The Morgan fingerprint density at radius 2 is 1.92 bits per heavy atom. The van der Waals surface area contributed by atoms with E-state index in [1.165, 1.54) is 0 Å². The van der Waals surface area contributed by atoms with Crippen LogP contribution >= 0.6 is 0 Å². The van der Waals surface area contributed by atoms with Crippen LogP contribution < -0.4 is 11.1 Å². The highest BCUT2D eigenvalue weighted by Gasteiger charge is 1.96. The maximum Gasteiger partial charge on any atom is 0.0611 e. The van der Waals surface area contributed by atoms with Crippen molar-refractivity contribution >= 4 is 0 Å². The monoisotopic (exact) mass is 181 g/mol. The van der Waals surface area contributed by atoms with Gasteiger partial charge in [0, 0.05) is 6.54 Å². The van der Waals surface area contributed by atoms with Crippen molar-refractivity contribution in [1.29, 1.82) is 0 Å². The van der Waals surface area contributed by atoms with Crippen molar-refractivity contribution in [2.45, 2.75) is 13.8 Å². The third-order valence-electron chi connectivity index (χ3n) is 1.81. The summed E-state index contributed by atoms with van der Waals surface area (Å²) in [5.41, 5.74) is 6.88.